The smallest absolute Gasteiger partial charge is 0.251 e. The van der Waals surface area contributed by atoms with Gasteiger partial charge in [0.2, 0.25) is 11.8 Å². The predicted octanol–water partition coefficient (Wildman–Crippen LogP) is 5.34. The molecule has 30 heavy (non-hydrogen) atoms. The highest BCUT2D eigenvalue weighted by Gasteiger charge is 2.15. The van der Waals surface area contributed by atoms with E-state index in [0.717, 1.165) is 11.1 Å². The van der Waals surface area contributed by atoms with Gasteiger partial charge in [0.1, 0.15) is 5.82 Å². The molecule has 0 aliphatic rings. The van der Waals surface area contributed by atoms with Gasteiger partial charge in [0.25, 0.3) is 5.91 Å². The van der Waals surface area contributed by atoms with E-state index in [4.69, 9.17) is 4.42 Å². The number of nitrogens with zero attached hydrogens (tertiary/aromatic N) is 2. The monoisotopic (exact) mass is 401 g/mol. The first kappa shape index (κ1) is 19.5. The maximum absolute atomic E-state index is 13.9. The van der Waals surface area contributed by atoms with Crippen molar-refractivity contribution in [2.24, 2.45) is 0 Å². The number of benzene rings is 3. The predicted molar refractivity (Wildman–Crippen MR) is 112 cm³/mol. The van der Waals surface area contributed by atoms with Crippen LogP contribution in [0, 0.1) is 12.7 Å². The molecule has 0 radical (unpaired) electrons. The fourth-order valence-corrected chi connectivity index (χ4v) is 3.18. The molecule has 1 amide bonds. The van der Waals surface area contributed by atoms with Crippen molar-refractivity contribution in [2.45, 2.75) is 19.9 Å². The van der Waals surface area contributed by atoms with Crippen LogP contribution in [0.25, 0.3) is 22.9 Å². The number of aryl methyl sites for hydroxylation is 1. The lowest BCUT2D eigenvalue weighted by Gasteiger charge is -2.15. The topological polar surface area (TPSA) is 68.0 Å². The Kier molecular flexibility index (Phi) is 5.39. The lowest BCUT2D eigenvalue weighted by atomic mass is 10.1. The second kappa shape index (κ2) is 8.29. The summed E-state index contributed by atoms with van der Waals surface area (Å²) in [5.74, 6) is 0.178. The Balaban J connectivity index is 1.48. The van der Waals surface area contributed by atoms with Crippen molar-refractivity contribution >= 4 is 5.91 Å². The van der Waals surface area contributed by atoms with Crippen LogP contribution in [0.4, 0.5) is 4.39 Å². The SMILES string of the molecule is Cc1cccc(-c2nnc(-c3ccc(C(=O)NC(C)c4ccccc4F)cc3)o2)c1. The molecule has 150 valence electrons. The molecule has 0 bridgehead atoms. The van der Waals surface area contributed by atoms with Gasteiger partial charge in [-0.2, -0.15) is 0 Å². The Bertz CT molecular complexity index is 1190. The normalized spacial score (nSPS) is 11.8. The molecule has 0 spiro atoms. The summed E-state index contributed by atoms with van der Waals surface area (Å²) in [5.41, 5.74) is 3.57. The van der Waals surface area contributed by atoms with E-state index < -0.39 is 6.04 Å². The average molecular weight is 401 g/mol. The molecule has 1 unspecified atom stereocenters. The van der Waals surface area contributed by atoms with Gasteiger partial charge in [0.15, 0.2) is 0 Å². The Labute approximate surface area is 173 Å². The molecule has 0 saturated heterocycles. The first-order valence-electron chi connectivity index (χ1n) is 9.57. The standard InChI is InChI=1S/C24H20FN3O2/c1-15-6-5-7-19(14-15)24-28-27-23(30-24)18-12-10-17(11-13-18)22(29)26-16(2)20-8-3-4-9-21(20)25/h3-14,16H,1-2H3,(H,26,29). The van der Waals surface area contributed by atoms with E-state index in [1.807, 2.05) is 31.2 Å². The maximum atomic E-state index is 13.9. The van der Waals surface area contributed by atoms with Gasteiger partial charge in [-0.25, -0.2) is 4.39 Å². The largest absolute Gasteiger partial charge is 0.416 e. The number of amides is 1. The molecule has 0 saturated carbocycles. The first-order chi connectivity index (χ1) is 14.5. The molecule has 1 N–H and O–H groups in total. The summed E-state index contributed by atoms with van der Waals surface area (Å²) in [4.78, 5) is 12.5. The van der Waals surface area contributed by atoms with Crippen LogP contribution in [0.15, 0.2) is 77.2 Å². The maximum Gasteiger partial charge on any atom is 0.251 e. The Morgan fingerprint density at radius 2 is 1.63 bits per heavy atom. The number of aromatic nitrogens is 2. The van der Waals surface area contributed by atoms with E-state index in [9.17, 15) is 9.18 Å². The Morgan fingerprint density at radius 1 is 0.933 bits per heavy atom. The van der Waals surface area contributed by atoms with Crippen molar-refractivity contribution in [2.75, 3.05) is 0 Å². The first-order valence-corrected chi connectivity index (χ1v) is 9.57. The number of halogens is 1. The van der Waals surface area contributed by atoms with E-state index in [1.165, 1.54) is 6.07 Å². The number of hydrogen-bond donors (Lipinski definition) is 1. The van der Waals surface area contributed by atoms with Crippen LogP contribution in [0.5, 0.6) is 0 Å². The number of nitrogens with one attached hydrogen (secondary N) is 1. The summed E-state index contributed by atoms with van der Waals surface area (Å²) in [6.07, 6.45) is 0. The lowest BCUT2D eigenvalue weighted by molar-refractivity contribution is 0.0939. The Hall–Kier alpha value is -3.80. The molecule has 4 rings (SSSR count). The van der Waals surface area contributed by atoms with Crippen LogP contribution in [0.1, 0.15) is 34.5 Å². The molecule has 0 aliphatic heterocycles. The van der Waals surface area contributed by atoms with Crippen LogP contribution >= 0.6 is 0 Å². The number of rotatable bonds is 5. The van der Waals surface area contributed by atoms with Crippen LogP contribution in [-0.2, 0) is 0 Å². The molecule has 1 atom stereocenters. The van der Waals surface area contributed by atoms with Crippen molar-refractivity contribution in [1.82, 2.24) is 15.5 Å². The number of hydrogen-bond acceptors (Lipinski definition) is 4. The van der Waals surface area contributed by atoms with Crippen molar-refractivity contribution < 1.29 is 13.6 Å². The van der Waals surface area contributed by atoms with E-state index in [1.54, 1.807) is 49.4 Å². The van der Waals surface area contributed by atoms with E-state index >= 15 is 0 Å². The second-order valence-electron chi connectivity index (χ2n) is 7.08. The van der Waals surface area contributed by atoms with Crippen molar-refractivity contribution in [1.29, 1.82) is 0 Å². The molecule has 0 fully saturated rings. The molecule has 3 aromatic carbocycles. The zero-order chi connectivity index (χ0) is 21.1. The summed E-state index contributed by atoms with van der Waals surface area (Å²) in [6.45, 7) is 3.74. The van der Waals surface area contributed by atoms with Gasteiger partial charge in [-0.05, 0) is 56.3 Å². The Morgan fingerprint density at radius 3 is 2.33 bits per heavy atom. The molecule has 5 nitrogen and oxygen atoms in total. The molecule has 0 aliphatic carbocycles. The van der Waals surface area contributed by atoms with Crippen LogP contribution < -0.4 is 5.32 Å². The fourth-order valence-electron chi connectivity index (χ4n) is 3.18. The highest BCUT2D eigenvalue weighted by atomic mass is 19.1. The zero-order valence-electron chi connectivity index (χ0n) is 16.6. The van der Waals surface area contributed by atoms with E-state index in [-0.39, 0.29) is 11.7 Å². The summed E-state index contributed by atoms with van der Waals surface area (Å²) in [5, 5.41) is 11.0. The van der Waals surface area contributed by atoms with Gasteiger partial charge in [-0.1, -0.05) is 35.9 Å². The summed E-state index contributed by atoms with van der Waals surface area (Å²) < 4.78 is 19.7. The summed E-state index contributed by atoms with van der Waals surface area (Å²) in [7, 11) is 0. The minimum absolute atomic E-state index is 0.289. The highest BCUT2D eigenvalue weighted by molar-refractivity contribution is 5.94. The van der Waals surface area contributed by atoms with Gasteiger partial charge in [-0.15, -0.1) is 10.2 Å². The zero-order valence-corrected chi connectivity index (χ0v) is 16.6. The molecular formula is C24H20FN3O2. The van der Waals surface area contributed by atoms with Gasteiger partial charge in [0, 0.05) is 22.3 Å². The summed E-state index contributed by atoms with van der Waals surface area (Å²) in [6, 6.07) is 20.6. The molecule has 4 aromatic rings. The number of carbonyl (C=O) groups is 1. The number of carbonyl (C=O) groups excluding carboxylic acids is 1. The fraction of sp³-hybridized carbons (Fsp3) is 0.125. The van der Waals surface area contributed by atoms with Crippen molar-refractivity contribution in [3.05, 3.63) is 95.3 Å². The van der Waals surface area contributed by atoms with Crippen molar-refractivity contribution in [3.8, 4) is 22.9 Å². The van der Waals surface area contributed by atoms with Gasteiger partial charge in [0.05, 0.1) is 6.04 Å². The highest BCUT2D eigenvalue weighted by Crippen LogP contribution is 2.25. The van der Waals surface area contributed by atoms with Gasteiger partial charge in [-0.3, -0.25) is 4.79 Å². The summed E-state index contributed by atoms with van der Waals surface area (Å²) >= 11 is 0. The second-order valence-corrected chi connectivity index (χ2v) is 7.08. The minimum Gasteiger partial charge on any atom is -0.416 e. The third kappa shape index (κ3) is 4.12. The van der Waals surface area contributed by atoms with Crippen LogP contribution in [0.3, 0.4) is 0 Å². The van der Waals surface area contributed by atoms with Crippen LogP contribution in [-0.4, -0.2) is 16.1 Å². The minimum atomic E-state index is -0.453. The molecule has 6 heteroatoms. The van der Waals surface area contributed by atoms with E-state index in [0.29, 0.717) is 28.5 Å². The third-order valence-corrected chi connectivity index (χ3v) is 4.80. The molecule has 1 aromatic heterocycles. The average Bonchev–Trinajstić information content (AvgIpc) is 3.24. The lowest BCUT2D eigenvalue weighted by Crippen LogP contribution is -2.27. The van der Waals surface area contributed by atoms with Gasteiger partial charge >= 0.3 is 0 Å². The van der Waals surface area contributed by atoms with E-state index in [2.05, 4.69) is 15.5 Å². The third-order valence-electron chi connectivity index (χ3n) is 4.80. The molecular weight excluding hydrogens is 381 g/mol. The quantitative estimate of drug-likeness (QED) is 0.490. The van der Waals surface area contributed by atoms with Crippen LogP contribution in [0.2, 0.25) is 0 Å². The molecule has 1 heterocycles. The van der Waals surface area contributed by atoms with Gasteiger partial charge < -0.3 is 9.73 Å². The van der Waals surface area contributed by atoms with Crippen molar-refractivity contribution in [3.63, 3.8) is 0 Å².